The quantitative estimate of drug-likeness (QED) is 0.0682. The maximum absolute atomic E-state index is 13.4. The molecule has 4 aliphatic carbocycles. The van der Waals surface area contributed by atoms with Crippen LogP contribution in [0.2, 0.25) is 0 Å². The smallest absolute Gasteiger partial charge is 0.306 e. The molecular formula is C48H89Cl2N3O3. The van der Waals surface area contributed by atoms with Gasteiger partial charge in [-0.1, -0.05) is 91.7 Å². The summed E-state index contributed by atoms with van der Waals surface area (Å²) in [5.41, 5.74) is 14.3. The van der Waals surface area contributed by atoms with Gasteiger partial charge in [0.15, 0.2) is 0 Å². The van der Waals surface area contributed by atoms with E-state index in [-0.39, 0.29) is 72.1 Å². The van der Waals surface area contributed by atoms with Gasteiger partial charge in [-0.3, -0.25) is 9.59 Å². The Bertz CT molecular complexity index is 1240. The Morgan fingerprint density at radius 3 is 2.14 bits per heavy atom. The van der Waals surface area contributed by atoms with Crippen LogP contribution in [0.3, 0.4) is 0 Å². The average molecular weight is 827 g/mol. The normalized spacial score (nSPS) is 29.8. The maximum atomic E-state index is 13.4. The molecule has 0 aliphatic heterocycles. The van der Waals surface area contributed by atoms with Crippen molar-refractivity contribution in [3.8, 4) is 0 Å². The zero-order valence-electron chi connectivity index (χ0n) is 37.9. The lowest BCUT2D eigenvalue weighted by molar-refractivity contribution is -0.153. The van der Waals surface area contributed by atoms with Crippen molar-refractivity contribution in [3.63, 3.8) is 0 Å². The molecule has 3 saturated carbocycles. The number of hydrogen-bond acceptors (Lipinski definition) is 5. The number of esters is 1. The molecule has 0 bridgehead atoms. The van der Waals surface area contributed by atoms with Crippen LogP contribution >= 0.6 is 24.8 Å². The molecule has 0 aromatic rings. The Balaban J connectivity index is 0.00000541. The number of nitrogens with two attached hydrogens (primary N) is 2. The Hall–Kier alpha value is -0.820. The third-order valence-corrected chi connectivity index (χ3v) is 15.7. The molecule has 56 heavy (non-hydrogen) atoms. The van der Waals surface area contributed by atoms with Crippen molar-refractivity contribution < 1.29 is 14.3 Å². The number of hydrogen-bond donors (Lipinski definition) is 2. The summed E-state index contributed by atoms with van der Waals surface area (Å²) in [5, 5.41) is 0. The van der Waals surface area contributed by atoms with Gasteiger partial charge >= 0.3 is 5.97 Å². The van der Waals surface area contributed by atoms with E-state index >= 15 is 0 Å². The molecule has 8 heteroatoms. The molecule has 0 aromatic carbocycles. The average Bonchev–Trinajstić information content (AvgIpc) is 3.44. The lowest BCUT2D eigenvalue weighted by Gasteiger charge is -2.58. The second-order valence-corrected chi connectivity index (χ2v) is 21.4. The first-order valence-corrected chi connectivity index (χ1v) is 23.0. The molecular weight excluding hydrogens is 737 g/mol. The minimum absolute atomic E-state index is 0. The first-order chi connectivity index (χ1) is 25.3. The van der Waals surface area contributed by atoms with E-state index in [9.17, 15) is 9.59 Å². The van der Waals surface area contributed by atoms with Gasteiger partial charge in [0.2, 0.25) is 5.91 Å². The van der Waals surface area contributed by atoms with Gasteiger partial charge in [-0.05, 0) is 151 Å². The highest BCUT2D eigenvalue weighted by Crippen LogP contribution is 2.67. The predicted molar refractivity (Wildman–Crippen MR) is 241 cm³/mol. The molecule has 3 fully saturated rings. The molecule has 4 N–H and O–H groups in total. The topological polar surface area (TPSA) is 98.7 Å². The fourth-order valence-corrected chi connectivity index (χ4v) is 12.2. The van der Waals surface area contributed by atoms with Gasteiger partial charge in [0.25, 0.3) is 0 Å². The zero-order valence-corrected chi connectivity index (χ0v) is 39.5. The standard InChI is InChI=1S/C48H87N3O3.2ClH/c1-11-36(34(2)3)18-17-35(4)40-21-22-41-39-20-19-37-33-38(25-28-47(37,9)42(39)26-29-48(40,41)10)54-44(53)24-23-43(52)51(32-30-46(7,8)50)31-16-14-12-13-15-27-45(5,6)49;;/h19,34-36,38-42H,11-18,20-33,49-50H2,1-10H3;2*1H/t35?,36?,38-,39-,40+,41-,42-,47-,48+;;/m0../s1. The van der Waals surface area contributed by atoms with E-state index in [4.69, 9.17) is 16.2 Å². The number of ether oxygens (including phenoxy) is 1. The largest absolute Gasteiger partial charge is 0.462 e. The van der Waals surface area contributed by atoms with Gasteiger partial charge < -0.3 is 21.1 Å². The van der Waals surface area contributed by atoms with E-state index in [1.165, 1.54) is 57.8 Å². The number of amides is 1. The summed E-state index contributed by atoms with van der Waals surface area (Å²) in [6.45, 7) is 24.6. The van der Waals surface area contributed by atoms with Crippen LogP contribution in [0.25, 0.3) is 0 Å². The first-order valence-electron chi connectivity index (χ1n) is 23.0. The maximum Gasteiger partial charge on any atom is 0.306 e. The van der Waals surface area contributed by atoms with Gasteiger partial charge in [0, 0.05) is 37.0 Å². The molecule has 1 amide bonds. The molecule has 6 nitrogen and oxygen atoms in total. The summed E-state index contributed by atoms with van der Waals surface area (Å²) in [7, 11) is 0. The minimum Gasteiger partial charge on any atom is -0.462 e. The number of fused-ring (bicyclic) bond motifs is 5. The fourth-order valence-electron chi connectivity index (χ4n) is 12.2. The Labute approximate surface area is 357 Å². The molecule has 4 aliphatic rings. The number of carbonyl (C=O) groups is 2. The molecule has 0 heterocycles. The summed E-state index contributed by atoms with van der Waals surface area (Å²) >= 11 is 0. The van der Waals surface area contributed by atoms with Crippen molar-refractivity contribution in [2.24, 2.45) is 63.7 Å². The molecule has 9 atom stereocenters. The second-order valence-electron chi connectivity index (χ2n) is 21.4. The second kappa shape index (κ2) is 22.1. The lowest BCUT2D eigenvalue weighted by Crippen LogP contribution is -2.51. The summed E-state index contributed by atoms with van der Waals surface area (Å²) in [4.78, 5) is 28.5. The first kappa shape index (κ1) is 51.3. The highest BCUT2D eigenvalue weighted by Gasteiger charge is 2.59. The van der Waals surface area contributed by atoms with E-state index in [1.54, 1.807) is 5.57 Å². The third kappa shape index (κ3) is 13.9. The van der Waals surface area contributed by atoms with Crippen LogP contribution in [0.1, 0.15) is 198 Å². The van der Waals surface area contributed by atoms with Gasteiger partial charge in [0.05, 0.1) is 6.42 Å². The third-order valence-electron chi connectivity index (χ3n) is 15.7. The van der Waals surface area contributed by atoms with Gasteiger partial charge in [-0.15, -0.1) is 24.8 Å². The summed E-state index contributed by atoms with van der Waals surface area (Å²) in [6, 6.07) is 0. The highest BCUT2D eigenvalue weighted by molar-refractivity contribution is 5.85. The summed E-state index contributed by atoms with van der Waals surface area (Å²) in [6.07, 6.45) is 24.0. The monoisotopic (exact) mass is 826 g/mol. The number of rotatable bonds is 21. The number of halogens is 2. The van der Waals surface area contributed by atoms with Crippen LogP contribution in [0, 0.1) is 52.3 Å². The minimum atomic E-state index is -0.337. The number of carbonyl (C=O) groups excluding carboxylic acids is 2. The fraction of sp³-hybridized carbons (Fsp3) is 0.917. The molecule has 0 aromatic heterocycles. The molecule has 0 radical (unpaired) electrons. The van der Waals surface area contributed by atoms with Gasteiger partial charge in [-0.2, -0.15) is 0 Å². The Kier molecular flexibility index (Phi) is 20.3. The molecule has 2 unspecified atom stereocenters. The molecule has 4 rings (SSSR count). The lowest BCUT2D eigenvalue weighted by atomic mass is 9.47. The van der Waals surface area contributed by atoms with Crippen molar-refractivity contribution >= 4 is 36.7 Å². The molecule has 0 saturated heterocycles. The van der Waals surface area contributed by atoms with Crippen molar-refractivity contribution in [1.82, 2.24) is 4.90 Å². The Morgan fingerprint density at radius 2 is 1.50 bits per heavy atom. The van der Waals surface area contributed by atoms with E-state index in [0.29, 0.717) is 12.0 Å². The number of nitrogens with zero attached hydrogens (tertiary/aromatic N) is 1. The van der Waals surface area contributed by atoms with E-state index in [1.807, 2.05) is 18.7 Å². The number of allylic oxidation sites excluding steroid dienone is 1. The van der Waals surface area contributed by atoms with Crippen molar-refractivity contribution in [1.29, 1.82) is 0 Å². The molecule has 328 valence electrons. The van der Waals surface area contributed by atoms with Crippen molar-refractivity contribution in [2.45, 2.75) is 215 Å². The van der Waals surface area contributed by atoms with Crippen molar-refractivity contribution in [2.75, 3.05) is 13.1 Å². The van der Waals surface area contributed by atoms with Crippen LogP contribution in [0.4, 0.5) is 0 Å². The molecule has 0 spiro atoms. The summed E-state index contributed by atoms with van der Waals surface area (Å²) < 4.78 is 6.13. The van der Waals surface area contributed by atoms with E-state index in [0.717, 1.165) is 106 Å². The van der Waals surface area contributed by atoms with Gasteiger partial charge in [0.1, 0.15) is 6.10 Å². The number of unbranched alkanes of at least 4 members (excludes halogenated alkanes) is 4. The Morgan fingerprint density at radius 1 is 0.839 bits per heavy atom. The van der Waals surface area contributed by atoms with E-state index < -0.39 is 0 Å². The van der Waals surface area contributed by atoms with Crippen LogP contribution in [-0.2, 0) is 14.3 Å². The SMILES string of the molecule is CCC(CCC(C)[C@H]1CC[C@H]2[C@@H]3CC=C4C[C@@H](OC(=O)CCC(=O)N(CCCCCCCC(C)(C)N)CCC(C)(C)N)CC[C@]4(C)[C@H]3CC[C@]12C)C(C)C.Cl.Cl. The summed E-state index contributed by atoms with van der Waals surface area (Å²) in [5.74, 6) is 5.60. The zero-order chi connectivity index (χ0) is 39.9. The van der Waals surface area contributed by atoms with Crippen molar-refractivity contribution in [3.05, 3.63) is 11.6 Å². The highest BCUT2D eigenvalue weighted by atomic mass is 35.5. The van der Waals surface area contributed by atoms with Crippen LogP contribution in [-0.4, -0.2) is 47.0 Å². The van der Waals surface area contributed by atoms with Crippen LogP contribution < -0.4 is 11.5 Å². The van der Waals surface area contributed by atoms with Gasteiger partial charge in [-0.25, -0.2) is 0 Å². The predicted octanol–water partition coefficient (Wildman–Crippen LogP) is 12.2. The van der Waals surface area contributed by atoms with Crippen LogP contribution in [0.15, 0.2) is 11.6 Å². The van der Waals surface area contributed by atoms with E-state index in [2.05, 4.69) is 61.5 Å². The van der Waals surface area contributed by atoms with Crippen LogP contribution in [0.5, 0.6) is 0 Å².